The van der Waals surface area contributed by atoms with Gasteiger partial charge in [0, 0.05) is 6.42 Å². The molecule has 0 fully saturated rings. The summed E-state index contributed by atoms with van der Waals surface area (Å²) >= 11 is 0. The van der Waals surface area contributed by atoms with Crippen molar-refractivity contribution in [1.82, 2.24) is 5.32 Å². The van der Waals surface area contributed by atoms with Gasteiger partial charge in [-0.2, -0.15) is 0 Å². The highest BCUT2D eigenvalue weighted by molar-refractivity contribution is 7.45. The van der Waals surface area contributed by atoms with Crippen LogP contribution in [-0.2, 0) is 18.4 Å². The molecular weight excluding hydrogens is 876 g/mol. The molecule has 8 nitrogen and oxygen atoms in total. The summed E-state index contributed by atoms with van der Waals surface area (Å²) < 4.78 is 23.2. The number of nitrogens with one attached hydrogen (secondary N) is 1. The molecule has 0 aliphatic rings. The molecule has 3 atom stereocenters. The molecule has 0 spiro atoms. The highest BCUT2D eigenvalue weighted by Crippen LogP contribution is 2.38. The average molecular weight is 986 g/mol. The first-order valence-electron chi connectivity index (χ1n) is 28.4. The molecule has 0 aromatic rings. The van der Waals surface area contributed by atoms with Crippen molar-refractivity contribution in [2.75, 3.05) is 40.9 Å². The summed E-state index contributed by atoms with van der Waals surface area (Å²) in [5.41, 5.74) is 0. The van der Waals surface area contributed by atoms with Gasteiger partial charge in [-0.25, -0.2) is 0 Å². The van der Waals surface area contributed by atoms with Gasteiger partial charge in [0.2, 0.25) is 5.91 Å². The average Bonchev–Trinajstić information content (AvgIpc) is 3.31. The lowest BCUT2D eigenvalue weighted by atomic mass is 10.0. The van der Waals surface area contributed by atoms with Gasteiger partial charge in [-0.05, 0) is 70.6 Å². The van der Waals surface area contributed by atoms with Crippen LogP contribution >= 0.6 is 7.82 Å². The van der Waals surface area contributed by atoms with Crippen LogP contribution in [0, 0.1) is 0 Å². The Morgan fingerprint density at radius 1 is 0.522 bits per heavy atom. The van der Waals surface area contributed by atoms with E-state index in [-0.39, 0.29) is 19.1 Å². The van der Waals surface area contributed by atoms with E-state index in [0.29, 0.717) is 23.9 Å². The van der Waals surface area contributed by atoms with Gasteiger partial charge >= 0.3 is 0 Å². The lowest BCUT2D eigenvalue weighted by Crippen LogP contribution is -2.46. The Hall–Kier alpha value is -2.32. The van der Waals surface area contributed by atoms with Crippen molar-refractivity contribution in [2.45, 2.75) is 251 Å². The van der Waals surface area contributed by atoms with Gasteiger partial charge in [-0.3, -0.25) is 9.36 Å². The molecule has 69 heavy (non-hydrogen) atoms. The molecule has 0 heterocycles. The minimum Gasteiger partial charge on any atom is -0.756 e. The molecule has 400 valence electrons. The number of hydrogen-bond acceptors (Lipinski definition) is 6. The van der Waals surface area contributed by atoms with E-state index in [4.69, 9.17) is 9.05 Å². The highest BCUT2D eigenvalue weighted by Gasteiger charge is 2.24. The molecule has 3 unspecified atom stereocenters. The zero-order chi connectivity index (χ0) is 50.6. The monoisotopic (exact) mass is 985 g/mol. The van der Waals surface area contributed by atoms with Crippen LogP contribution in [0.2, 0.25) is 0 Å². The maximum Gasteiger partial charge on any atom is 0.268 e. The van der Waals surface area contributed by atoms with Crippen LogP contribution in [0.3, 0.4) is 0 Å². The molecule has 0 rings (SSSR count). The van der Waals surface area contributed by atoms with Gasteiger partial charge in [0.25, 0.3) is 7.82 Å². The lowest BCUT2D eigenvalue weighted by Gasteiger charge is -2.30. The second-order valence-electron chi connectivity index (χ2n) is 20.3. The Morgan fingerprint density at radius 2 is 0.884 bits per heavy atom. The van der Waals surface area contributed by atoms with Crippen molar-refractivity contribution < 1.29 is 32.9 Å². The second-order valence-corrected chi connectivity index (χ2v) is 21.7. The summed E-state index contributed by atoms with van der Waals surface area (Å²) in [5.74, 6) is -0.169. The summed E-state index contributed by atoms with van der Waals surface area (Å²) in [5, 5.41) is 13.9. The fourth-order valence-corrected chi connectivity index (χ4v) is 8.68. The first kappa shape index (κ1) is 66.7. The van der Waals surface area contributed by atoms with Crippen molar-refractivity contribution in [3.8, 4) is 0 Å². The largest absolute Gasteiger partial charge is 0.756 e. The van der Waals surface area contributed by atoms with Gasteiger partial charge in [0.05, 0.1) is 39.9 Å². The number of nitrogens with zero attached hydrogens (tertiary/aromatic N) is 1. The fourth-order valence-electron chi connectivity index (χ4n) is 7.96. The normalized spacial score (nSPS) is 14.6. The van der Waals surface area contributed by atoms with Crippen molar-refractivity contribution in [1.29, 1.82) is 0 Å². The Morgan fingerprint density at radius 3 is 1.29 bits per heavy atom. The number of hydrogen-bond donors (Lipinski definition) is 2. The Bertz CT molecular complexity index is 1400. The third-order valence-electron chi connectivity index (χ3n) is 12.4. The third kappa shape index (κ3) is 53.3. The molecule has 9 heteroatoms. The van der Waals surface area contributed by atoms with Crippen LogP contribution in [0.4, 0.5) is 0 Å². The molecule has 1 amide bonds. The first-order chi connectivity index (χ1) is 33.5. The zero-order valence-electron chi connectivity index (χ0n) is 45.5. The summed E-state index contributed by atoms with van der Waals surface area (Å²) in [7, 11) is 1.30. The van der Waals surface area contributed by atoms with Crippen molar-refractivity contribution in [3.05, 3.63) is 85.1 Å². The van der Waals surface area contributed by atoms with E-state index in [0.717, 1.165) is 83.5 Å². The second kappa shape index (κ2) is 50.6. The smallest absolute Gasteiger partial charge is 0.268 e. The number of aliphatic hydroxyl groups is 1. The Kier molecular flexibility index (Phi) is 48.9. The summed E-state index contributed by atoms with van der Waals surface area (Å²) in [6.07, 6.45) is 70.8. The van der Waals surface area contributed by atoms with E-state index in [1.165, 1.54) is 128 Å². The van der Waals surface area contributed by atoms with E-state index in [1.807, 2.05) is 21.1 Å². The molecule has 0 saturated carbocycles. The molecule has 0 aromatic carbocycles. The SMILES string of the molecule is CC/C=C\C/C=C\C/C=C\C/C=C\C/C=C\C/C=C\C/C=C\CCCCCCCCCCCCCCCCCCCC(=O)NC(COP(=O)([O-])OCC[N+](C)(C)C)C(O)CCCCCCCCCC. The fraction of sp³-hybridized carbons (Fsp3) is 0.750. The minimum absolute atomic E-state index is 0.0104. The summed E-state index contributed by atoms with van der Waals surface area (Å²) in [6, 6.07) is -0.800. The lowest BCUT2D eigenvalue weighted by molar-refractivity contribution is -0.870. The van der Waals surface area contributed by atoms with E-state index < -0.39 is 20.0 Å². The van der Waals surface area contributed by atoms with Crippen molar-refractivity contribution in [2.24, 2.45) is 0 Å². The number of amides is 1. The minimum atomic E-state index is -4.56. The van der Waals surface area contributed by atoms with Crippen molar-refractivity contribution in [3.63, 3.8) is 0 Å². The van der Waals surface area contributed by atoms with Crippen LogP contribution in [-0.4, -0.2) is 68.5 Å². The first-order valence-corrected chi connectivity index (χ1v) is 29.9. The number of aliphatic hydroxyl groups excluding tert-OH is 1. The van der Waals surface area contributed by atoms with E-state index in [2.05, 4.69) is 104 Å². The molecule has 0 aliphatic heterocycles. The number of rotatable bonds is 51. The number of phosphoric ester groups is 1. The van der Waals surface area contributed by atoms with Crippen LogP contribution in [0.5, 0.6) is 0 Å². The number of likely N-dealkylation sites (N-methyl/N-ethyl adjacent to an activating group) is 1. The van der Waals surface area contributed by atoms with E-state index in [9.17, 15) is 19.4 Å². The molecular formula is C60H109N2O6P. The zero-order valence-corrected chi connectivity index (χ0v) is 46.4. The van der Waals surface area contributed by atoms with Gasteiger partial charge in [0.15, 0.2) is 0 Å². The molecule has 0 aromatic heterocycles. The van der Waals surface area contributed by atoms with Gasteiger partial charge in [-0.15, -0.1) is 0 Å². The van der Waals surface area contributed by atoms with Crippen LogP contribution in [0.15, 0.2) is 85.1 Å². The third-order valence-corrected chi connectivity index (χ3v) is 13.4. The number of phosphoric acid groups is 1. The topological polar surface area (TPSA) is 108 Å². The number of carbonyl (C=O) groups excluding carboxylic acids is 1. The number of quaternary nitrogens is 1. The van der Waals surface area contributed by atoms with E-state index >= 15 is 0 Å². The molecule has 0 bridgehead atoms. The number of allylic oxidation sites excluding steroid dienone is 14. The standard InChI is InChI=1S/C60H109N2O6P/c1-6-8-10-12-14-16-17-18-19-20-21-22-23-24-25-26-27-28-29-30-31-32-33-34-35-36-37-38-39-40-41-42-43-44-45-46-48-50-52-54-60(64)61-58(57-68-69(65,66)67-56-55-62(3,4)5)59(63)53-51-49-47-15-13-11-9-7-2/h8,10,14,16,18-19,21-22,24-25,27-28,30-31,58-59,63H,6-7,9,11-13,15,17,20,23,26,29,32-57H2,1-5H3,(H-,61,64,65,66)/b10-8-,16-14-,19-18-,22-21-,25-24-,28-27-,31-30-. The van der Waals surface area contributed by atoms with Crippen LogP contribution < -0.4 is 10.2 Å². The molecule has 0 radical (unpaired) electrons. The predicted octanol–water partition coefficient (Wildman–Crippen LogP) is 16.6. The predicted molar refractivity (Wildman–Crippen MR) is 297 cm³/mol. The molecule has 2 N–H and O–H groups in total. The Labute approximate surface area is 426 Å². The quantitative estimate of drug-likeness (QED) is 0.0272. The maximum atomic E-state index is 12.9. The van der Waals surface area contributed by atoms with Gasteiger partial charge < -0.3 is 28.8 Å². The van der Waals surface area contributed by atoms with E-state index in [1.54, 1.807) is 0 Å². The molecule has 0 aliphatic carbocycles. The van der Waals surface area contributed by atoms with Gasteiger partial charge in [0.1, 0.15) is 13.2 Å². The number of carbonyl (C=O) groups is 1. The summed E-state index contributed by atoms with van der Waals surface area (Å²) in [4.78, 5) is 25.3. The van der Waals surface area contributed by atoms with Crippen LogP contribution in [0.25, 0.3) is 0 Å². The van der Waals surface area contributed by atoms with Crippen LogP contribution in [0.1, 0.15) is 239 Å². The maximum absolute atomic E-state index is 12.9. The molecule has 0 saturated heterocycles. The summed E-state index contributed by atoms with van der Waals surface area (Å²) in [6.45, 7) is 4.57. The van der Waals surface area contributed by atoms with Gasteiger partial charge in [-0.1, -0.05) is 247 Å². The highest BCUT2D eigenvalue weighted by atomic mass is 31.2. The number of unbranched alkanes of at least 4 members (excludes halogenated alkanes) is 24. The Balaban J connectivity index is 3.86. The van der Waals surface area contributed by atoms with Crippen molar-refractivity contribution >= 4 is 13.7 Å².